The van der Waals surface area contributed by atoms with E-state index in [4.69, 9.17) is 38.9 Å². The van der Waals surface area contributed by atoms with Crippen molar-refractivity contribution < 1.29 is 42.7 Å². The van der Waals surface area contributed by atoms with Gasteiger partial charge < -0.3 is 38.9 Å². The minimum absolute atomic E-state index is 0.00896. The lowest BCUT2D eigenvalue weighted by molar-refractivity contribution is -0.150. The molecule has 7 atom stereocenters. The van der Waals surface area contributed by atoms with Crippen molar-refractivity contribution in [2.24, 2.45) is 5.73 Å². The fourth-order valence-corrected chi connectivity index (χ4v) is 9.66. The van der Waals surface area contributed by atoms with E-state index in [2.05, 4.69) is 21.9 Å². The first kappa shape index (κ1) is 31.8. The number of carbonyl (C=O) groups excluding carboxylic acids is 2. The third kappa shape index (κ3) is 4.74. The van der Waals surface area contributed by atoms with Crippen LogP contribution in [0.4, 0.5) is 0 Å². The highest BCUT2D eigenvalue weighted by Crippen LogP contribution is 2.64. The van der Waals surface area contributed by atoms with Crippen molar-refractivity contribution in [1.29, 1.82) is 5.26 Å². The van der Waals surface area contributed by atoms with E-state index in [1.807, 2.05) is 20.9 Å². The molecule has 1 unspecified atom stereocenters. The van der Waals surface area contributed by atoms with Crippen molar-refractivity contribution in [1.82, 2.24) is 9.80 Å². The molecule has 0 spiro atoms. The summed E-state index contributed by atoms with van der Waals surface area (Å²) >= 11 is 1.48. The second-order valence-corrected chi connectivity index (χ2v) is 13.7. The Bertz CT molecular complexity index is 1700. The van der Waals surface area contributed by atoms with E-state index in [0.29, 0.717) is 46.3 Å². The highest BCUT2D eigenvalue weighted by molar-refractivity contribution is 7.99. The maximum atomic E-state index is 13.1. The van der Waals surface area contributed by atoms with E-state index in [1.165, 1.54) is 18.7 Å². The van der Waals surface area contributed by atoms with Gasteiger partial charge in [-0.15, -0.1) is 11.8 Å². The van der Waals surface area contributed by atoms with Crippen molar-refractivity contribution in [3.63, 3.8) is 0 Å². The minimum atomic E-state index is -0.883. The molecular weight excluding hydrogens is 628 g/mol. The standard InChI is InChI=1S/C33H38N4O9S/c1-14-7-17-8-19-20(9-34)37-21-10-42-33(39)18(35)11-47-32(24-23(21)31-29(44-13-45-31)15(2)28(24)46-16(3)38)26(37)25(36(19)4)22(17)30(27(14)41-6)43-12-40-5/h7,18-21,25-26,32H,8,10-13,35H2,1-6H3/t18?,19-,20-,21-,25+,26+,32+/m0/s1. The first-order chi connectivity index (χ1) is 22.6. The van der Waals surface area contributed by atoms with Gasteiger partial charge >= 0.3 is 11.9 Å². The molecule has 0 aliphatic carbocycles. The fourth-order valence-electron chi connectivity index (χ4n) is 8.22. The number of likely N-dealkylation sites (N-methyl/N-ethyl adjacent to an activating group) is 1. The van der Waals surface area contributed by atoms with E-state index < -0.39 is 41.4 Å². The first-order valence-corrected chi connectivity index (χ1v) is 16.6. The van der Waals surface area contributed by atoms with Gasteiger partial charge in [-0.25, -0.2) is 0 Å². The number of nitrogens with two attached hydrogens (primary N) is 1. The van der Waals surface area contributed by atoms with Crippen LogP contribution in [0.3, 0.4) is 0 Å². The number of rotatable bonds is 5. The molecular formula is C33H38N4O9S. The first-order valence-electron chi connectivity index (χ1n) is 15.5. The maximum absolute atomic E-state index is 13.1. The number of benzene rings is 2. The molecule has 5 aliphatic rings. The summed E-state index contributed by atoms with van der Waals surface area (Å²) in [5, 5.41) is 10.5. The summed E-state index contributed by atoms with van der Waals surface area (Å²) in [6, 6.07) is 1.67. The summed E-state index contributed by atoms with van der Waals surface area (Å²) in [4.78, 5) is 30.2. The number of methoxy groups -OCH3 is 2. The molecule has 2 aromatic rings. The lowest BCUT2D eigenvalue weighted by atomic mass is 9.71. The van der Waals surface area contributed by atoms with E-state index in [1.54, 1.807) is 14.2 Å². The second kappa shape index (κ2) is 12.1. The third-order valence-electron chi connectivity index (χ3n) is 9.99. The number of esters is 2. The summed E-state index contributed by atoms with van der Waals surface area (Å²) in [5.41, 5.74) is 11.3. The number of aryl methyl sites for hydroxylation is 1. The lowest BCUT2D eigenvalue weighted by Crippen LogP contribution is -2.69. The van der Waals surface area contributed by atoms with Crippen LogP contribution in [-0.2, 0) is 25.5 Å². The van der Waals surface area contributed by atoms with Gasteiger partial charge in [0.25, 0.3) is 0 Å². The highest BCUT2D eigenvalue weighted by atomic mass is 32.2. The summed E-state index contributed by atoms with van der Waals surface area (Å²) in [6.45, 7) is 5.08. The van der Waals surface area contributed by atoms with Crippen molar-refractivity contribution in [3.8, 4) is 34.8 Å². The van der Waals surface area contributed by atoms with E-state index in [9.17, 15) is 14.9 Å². The number of nitrogens with zero attached hydrogens (tertiary/aromatic N) is 3. The van der Waals surface area contributed by atoms with Crippen LogP contribution in [0.15, 0.2) is 6.07 Å². The molecule has 5 heterocycles. The molecule has 0 saturated carbocycles. The molecule has 2 fully saturated rings. The third-order valence-corrected chi connectivity index (χ3v) is 11.4. The monoisotopic (exact) mass is 666 g/mol. The van der Waals surface area contributed by atoms with Crippen LogP contribution in [0.2, 0.25) is 0 Å². The number of hydrogen-bond donors (Lipinski definition) is 1. The molecule has 13 nitrogen and oxygen atoms in total. The number of piperazine rings is 1. The van der Waals surface area contributed by atoms with Crippen LogP contribution in [0.25, 0.3) is 0 Å². The molecule has 2 aromatic carbocycles. The lowest BCUT2D eigenvalue weighted by Gasteiger charge is -2.61. The zero-order chi connectivity index (χ0) is 33.3. The summed E-state index contributed by atoms with van der Waals surface area (Å²) in [6.07, 6.45) is 0.574. The molecule has 14 heteroatoms. The van der Waals surface area contributed by atoms with E-state index in [-0.39, 0.29) is 38.0 Å². The number of hydrogen-bond acceptors (Lipinski definition) is 14. The van der Waals surface area contributed by atoms with E-state index >= 15 is 0 Å². The van der Waals surface area contributed by atoms with Gasteiger partial charge in [0.15, 0.2) is 29.8 Å². The molecule has 2 N–H and O–H groups in total. The zero-order valence-electron chi connectivity index (χ0n) is 27.2. The van der Waals surface area contributed by atoms with Gasteiger partial charge in [-0.2, -0.15) is 5.26 Å². The summed E-state index contributed by atoms with van der Waals surface area (Å²) in [7, 11) is 5.22. The SMILES string of the molecule is COCOc1c(OC)c(C)cc2c1[C@@H]1[C@@H]3[C@@H]4SCC(N)C(=O)OC[C@@H](c5c6c(c(C)c(OC(C)=O)c54)OCO6)N3[C@@H](C#N)[C@H](C2)N1C. The molecule has 2 saturated heterocycles. The fraction of sp³-hybridized carbons (Fsp3) is 0.545. The number of ether oxygens (including phenoxy) is 7. The molecule has 5 aliphatic heterocycles. The molecule has 0 amide bonds. The number of cyclic esters (lactones) is 1. The second-order valence-electron chi connectivity index (χ2n) is 12.5. The maximum Gasteiger partial charge on any atom is 0.323 e. The van der Waals surface area contributed by atoms with Crippen molar-refractivity contribution in [3.05, 3.63) is 39.4 Å². The Morgan fingerprint density at radius 1 is 1.13 bits per heavy atom. The van der Waals surface area contributed by atoms with Crippen molar-refractivity contribution in [2.75, 3.05) is 47.2 Å². The number of thioether (sulfide) groups is 1. The van der Waals surface area contributed by atoms with Crippen LogP contribution in [0.1, 0.15) is 57.6 Å². The Morgan fingerprint density at radius 3 is 2.60 bits per heavy atom. The van der Waals surface area contributed by atoms with Crippen molar-refractivity contribution in [2.45, 2.75) is 68.7 Å². The van der Waals surface area contributed by atoms with Crippen molar-refractivity contribution >= 4 is 23.7 Å². The highest BCUT2D eigenvalue weighted by Gasteiger charge is 2.60. The molecule has 0 radical (unpaired) electrons. The van der Waals surface area contributed by atoms with Crippen LogP contribution >= 0.6 is 11.8 Å². The zero-order valence-corrected chi connectivity index (χ0v) is 28.0. The Kier molecular flexibility index (Phi) is 8.16. The summed E-state index contributed by atoms with van der Waals surface area (Å²) < 4.78 is 41.6. The average Bonchev–Trinajstić information content (AvgIpc) is 3.53. The predicted octanol–water partition coefficient (Wildman–Crippen LogP) is 2.84. The van der Waals surface area contributed by atoms with Crippen LogP contribution in [-0.4, -0.2) is 93.1 Å². The van der Waals surface area contributed by atoms with Gasteiger partial charge in [-0.1, -0.05) is 6.07 Å². The molecule has 47 heavy (non-hydrogen) atoms. The normalized spacial score (nSPS) is 29.1. The smallest absolute Gasteiger partial charge is 0.323 e. The van der Waals surface area contributed by atoms with Gasteiger partial charge in [-0.05, 0) is 38.4 Å². The predicted molar refractivity (Wildman–Crippen MR) is 169 cm³/mol. The Hall–Kier alpha value is -3.74. The quantitative estimate of drug-likeness (QED) is 0.282. The van der Waals surface area contributed by atoms with Gasteiger partial charge in [0.1, 0.15) is 24.4 Å². The van der Waals surface area contributed by atoms with Gasteiger partial charge in [-0.3, -0.25) is 19.4 Å². The number of fused-ring (bicyclic) bond motifs is 9. The summed E-state index contributed by atoms with van der Waals surface area (Å²) in [5.74, 6) is 1.76. The Balaban J connectivity index is 1.56. The molecule has 7 rings (SSSR count). The molecule has 250 valence electrons. The van der Waals surface area contributed by atoms with Crippen LogP contribution < -0.4 is 29.4 Å². The number of carbonyl (C=O) groups is 2. The van der Waals surface area contributed by atoms with E-state index in [0.717, 1.165) is 22.3 Å². The largest absolute Gasteiger partial charge is 0.493 e. The average molecular weight is 667 g/mol. The Labute approximate surface area is 277 Å². The van der Waals surface area contributed by atoms with Gasteiger partial charge in [0, 0.05) is 54.1 Å². The van der Waals surface area contributed by atoms with Gasteiger partial charge in [0.2, 0.25) is 6.79 Å². The van der Waals surface area contributed by atoms with Gasteiger partial charge in [0.05, 0.1) is 30.5 Å². The number of nitriles is 1. The van der Waals surface area contributed by atoms with Crippen LogP contribution in [0, 0.1) is 25.2 Å². The topological polar surface area (TPSA) is 155 Å². The molecule has 4 bridgehead atoms. The van der Waals surface area contributed by atoms with Crippen LogP contribution in [0.5, 0.6) is 28.7 Å². The molecule has 0 aromatic heterocycles. The minimum Gasteiger partial charge on any atom is -0.493 e. The Morgan fingerprint density at radius 2 is 1.89 bits per heavy atom.